The van der Waals surface area contributed by atoms with Crippen LogP contribution in [0.3, 0.4) is 0 Å². The number of carbonyl (C=O) groups excluding carboxylic acids is 1. The van der Waals surface area contributed by atoms with Crippen LogP contribution in [0, 0.1) is 0 Å². The van der Waals surface area contributed by atoms with Crippen LogP contribution in [0.1, 0.15) is 25.0 Å². The summed E-state index contributed by atoms with van der Waals surface area (Å²) >= 11 is 1.57. The molecule has 0 aromatic carbocycles. The smallest absolute Gasteiger partial charge is 0.233 e. The lowest BCUT2D eigenvalue weighted by Gasteiger charge is -2.29. The molecule has 176 valence electrons. The summed E-state index contributed by atoms with van der Waals surface area (Å²) in [5.74, 6) is 1.70. The summed E-state index contributed by atoms with van der Waals surface area (Å²) in [5.41, 5.74) is 7.26. The fraction of sp³-hybridized carbons (Fsp3) is 0.591. The third kappa shape index (κ3) is 5.20. The van der Waals surface area contributed by atoms with Crippen molar-refractivity contribution in [3.63, 3.8) is 0 Å². The second-order valence-corrected chi connectivity index (χ2v) is 9.79. The number of morpholine rings is 1. The Bertz CT molecular complexity index is 977. The SMILES string of the molecule is Nc1ncc(-c2nc3c(c(N4CCOCC4)n2)SC(C(=O)NCCN2CCCCC2)C3)cn1. The molecule has 5 heterocycles. The summed E-state index contributed by atoms with van der Waals surface area (Å²) in [4.78, 5) is 36.4. The number of hydrogen-bond acceptors (Lipinski definition) is 10. The molecule has 0 bridgehead atoms. The maximum Gasteiger partial charge on any atom is 0.233 e. The quantitative estimate of drug-likeness (QED) is 0.631. The number of ether oxygens (including phenoxy) is 1. The molecule has 2 aromatic heterocycles. The highest BCUT2D eigenvalue weighted by atomic mass is 32.2. The Labute approximate surface area is 197 Å². The summed E-state index contributed by atoms with van der Waals surface area (Å²) in [6.07, 6.45) is 7.69. The van der Waals surface area contributed by atoms with Crippen LogP contribution in [-0.2, 0) is 16.0 Å². The Hall–Kier alpha value is -2.50. The van der Waals surface area contributed by atoms with Gasteiger partial charge in [0.25, 0.3) is 0 Å². The highest BCUT2D eigenvalue weighted by Gasteiger charge is 2.34. The van der Waals surface area contributed by atoms with Crippen molar-refractivity contribution in [2.24, 2.45) is 0 Å². The lowest BCUT2D eigenvalue weighted by molar-refractivity contribution is -0.120. The normalized spacial score (nSPS) is 21.1. The molecule has 11 heteroatoms. The fourth-order valence-corrected chi connectivity index (χ4v) is 5.72. The topological polar surface area (TPSA) is 122 Å². The predicted octanol–water partition coefficient (Wildman–Crippen LogP) is 0.971. The molecule has 5 rings (SSSR count). The van der Waals surface area contributed by atoms with Crippen molar-refractivity contribution in [3.05, 3.63) is 18.1 Å². The summed E-state index contributed by atoms with van der Waals surface area (Å²) in [7, 11) is 0. The number of carbonyl (C=O) groups is 1. The second-order valence-electron chi connectivity index (χ2n) is 8.58. The van der Waals surface area contributed by atoms with E-state index in [1.54, 1.807) is 24.2 Å². The van der Waals surface area contributed by atoms with E-state index in [0.717, 1.165) is 49.1 Å². The van der Waals surface area contributed by atoms with Crippen LogP contribution in [0.5, 0.6) is 0 Å². The van der Waals surface area contributed by atoms with Gasteiger partial charge in [0, 0.05) is 45.0 Å². The molecular weight excluding hydrogens is 440 g/mol. The van der Waals surface area contributed by atoms with Crippen LogP contribution in [0.25, 0.3) is 11.4 Å². The van der Waals surface area contributed by atoms with Gasteiger partial charge in [-0.3, -0.25) is 4.79 Å². The Balaban J connectivity index is 1.32. The molecule has 2 fully saturated rings. The van der Waals surface area contributed by atoms with Gasteiger partial charge in [-0.1, -0.05) is 6.42 Å². The zero-order valence-electron chi connectivity index (χ0n) is 18.7. The number of piperidine rings is 1. The number of hydrogen-bond donors (Lipinski definition) is 2. The van der Waals surface area contributed by atoms with Crippen molar-refractivity contribution in [1.29, 1.82) is 0 Å². The minimum atomic E-state index is -0.201. The van der Waals surface area contributed by atoms with Gasteiger partial charge in [0.2, 0.25) is 11.9 Å². The van der Waals surface area contributed by atoms with E-state index < -0.39 is 0 Å². The molecule has 2 saturated heterocycles. The number of anilines is 2. The maximum absolute atomic E-state index is 13.0. The number of likely N-dealkylation sites (tertiary alicyclic amines) is 1. The van der Waals surface area contributed by atoms with E-state index in [1.165, 1.54) is 19.3 Å². The molecule has 33 heavy (non-hydrogen) atoms. The zero-order chi connectivity index (χ0) is 22.6. The van der Waals surface area contributed by atoms with Crippen molar-refractivity contribution in [1.82, 2.24) is 30.2 Å². The van der Waals surface area contributed by atoms with Crippen molar-refractivity contribution < 1.29 is 9.53 Å². The first kappa shape index (κ1) is 22.3. The average Bonchev–Trinajstić information content (AvgIpc) is 3.29. The van der Waals surface area contributed by atoms with Crippen molar-refractivity contribution in [2.75, 3.05) is 63.1 Å². The van der Waals surface area contributed by atoms with E-state index in [9.17, 15) is 4.79 Å². The van der Waals surface area contributed by atoms with Gasteiger partial charge in [-0.05, 0) is 25.9 Å². The van der Waals surface area contributed by atoms with Crippen LogP contribution in [0.4, 0.5) is 11.8 Å². The van der Waals surface area contributed by atoms with Gasteiger partial charge >= 0.3 is 0 Å². The van der Waals surface area contributed by atoms with E-state index in [-0.39, 0.29) is 17.1 Å². The van der Waals surface area contributed by atoms with Gasteiger partial charge < -0.3 is 25.6 Å². The molecule has 2 aromatic rings. The second kappa shape index (κ2) is 10.2. The van der Waals surface area contributed by atoms with Crippen LogP contribution in [0.2, 0.25) is 0 Å². The summed E-state index contributed by atoms with van der Waals surface area (Å²) in [6, 6.07) is 0. The van der Waals surface area contributed by atoms with Crippen LogP contribution < -0.4 is 16.0 Å². The number of nitrogens with one attached hydrogen (secondary N) is 1. The van der Waals surface area contributed by atoms with Crippen LogP contribution in [0.15, 0.2) is 17.3 Å². The van der Waals surface area contributed by atoms with Gasteiger partial charge in [-0.15, -0.1) is 11.8 Å². The number of thioether (sulfide) groups is 1. The van der Waals surface area contributed by atoms with E-state index >= 15 is 0 Å². The maximum atomic E-state index is 13.0. The Morgan fingerprint density at radius 1 is 1.12 bits per heavy atom. The molecule has 0 radical (unpaired) electrons. The molecule has 0 spiro atoms. The van der Waals surface area contributed by atoms with E-state index in [4.69, 9.17) is 20.4 Å². The number of aromatic nitrogens is 4. The average molecular weight is 471 g/mol. The third-order valence-corrected chi connectivity index (χ3v) is 7.58. The van der Waals surface area contributed by atoms with Gasteiger partial charge in [0.15, 0.2) is 5.82 Å². The van der Waals surface area contributed by atoms with Gasteiger partial charge in [-0.2, -0.15) is 0 Å². The number of rotatable bonds is 6. The van der Waals surface area contributed by atoms with Gasteiger partial charge in [0.05, 0.1) is 34.6 Å². The molecule has 0 saturated carbocycles. The molecule has 3 aliphatic rings. The van der Waals surface area contributed by atoms with E-state index in [2.05, 4.69) is 25.1 Å². The summed E-state index contributed by atoms with van der Waals surface area (Å²) in [5, 5.41) is 2.94. The molecule has 3 aliphatic heterocycles. The Kier molecular flexibility index (Phi) is 6.88. The molecule has 1 atom stereocenters. The highest BCUT2D eigenvalue weighted by Crippen LogP contribution is 2.42. The molecule has 1 unspecified atom stereocenters. The Morgan fingerprint density at radius 2 is 1.88 bits per heavy atom. The minimum Gasteiger partial charge on any atom is -0.378 e. The molecule has 3 N–H and O–H groups in total. The molecule has 1 amide bonds. The molecule has 10 nitrogen and oxygen atoms in total. The van der Waals surface area contributed by atoms with Crippen molar-refractivity contribution >= 4 is 29.4 Å². The van der Waals surface area contributed by atoms with E-state index in [1.807, 2.05) is 0 Å². The summed E-state index contributed by atoms with van der Waals surface area (Å²) < 4.78 is 5.53. The number of amides is 1. The standard InChI is InChI=1S/C22H30N8O2S/c23-22-25-13-15(14-26-22)19-27-16-12-17(21(31)24-4-7-29-5-2-1-3-6-29)33-18(16)20(28-19)30-8-10-32-11-9-30/h13-14,17H,1-12H2,(H,24,31)(H2,23,25,26). The number of nitrogens with two attached hydrogens (primary N) is 1. The first-order chi connectivity index (χ1) is 16.2. The van der Waals surface area contributed by atoms with Crippen molar-refractivity contribution in [3.8, 4) is 11.4 Å². The van der Waals surface area contributed by atoms with Crippen molar-refractivity contribution in [2.45, 2.75) is 35.8 Å². The van der Waals surface area contributed by atoms with Crippen LogP contribution >= 0.6 is 11.8 Å². The van der Waals surface area contributed by atoms with Gasteiger partial charge in [0.1, 0.15) is 5.82 Å². The minimum absolute atomic E-state index is 0.0697. The molecular formula is C22H30N8O2S. The predicted molar refractivity (Wildman–Crippen MR) is 127 cm³/mol. The summed E-state index contributed by atoms with van der Waals surface area (Å²) in [6.45, 7) is 6.70. The lowest BCUT2D eigenvalue weighted by Crippen LogP contribution is -2.40. The Morgan fingerprint density at radius 3 is 2.64 bits per heavy atom. The molecule has 0 aliphatic carbocycles. The first-order valence-electron chi connectivity index (χ1n) is 11.7. The monoisotopic (exact) mass is 470 g/mol. The highest BCUT2D eigenvalue weighted by molar-refractivity contribution is 8.01. The van der Waals surface area contributed by atoms with Gasteiger partial charge in [-0.25, -0.2) is 19.9 Å². The largest absolute Gasteiger partial charge is 0.378 e. The fourth-order valence-electron chi connectivity index (χ4n) is 4.45. The van der Waals surface area contributed by atoms with Crippen LogP contribution in [-0.4, -0.2) is 88.5 Å². The number of nitrogens with zero attached hydrogens (tertiary/aromatic N) is 6. The number of nitrogen functional groups attached to an aromatic ring is 1. The first-order valence-corrected chi connectivity index (χ1v) is 12.5. The zero-order valence-corrected chi connectivity index (χ0v) is 19.5. The third-order valence-electron chi connectivity index (χ3n) is 6.27. The van der Waals surface area contributed by atoms with E-state index in [0.29, 0.717) is 37.6 Å². The number of fused-ring (bicyclic) bond motifs is 1. The lowest BCUT2D eigenvalue weighted by atomic mass is 10.1.